The number of methoxy groups -OCH3 is 1. The van der Waals surface area contributed by atoms with E-state index >= 15 is 0 Å². The van der Waals surface area contributed by atoms with Crippen LogP contribution in [0.25, 0.3) is 6.08 Å². The Labute approximate surface area is 187 Å². The van der Waals surface area contributed by atoms with Gasteiger partial charge < -0.3 is 19.5 Å². The number of carbonyl (C=O) groups excluding carboxylic acids is 2. The van der Waals surface area contributed by atoms with Crippen LogP contribution in [-0.4, -0.2) is 32.2 Å². The smallest absolute Gasteiger partial charge is 0.344 e. The Hall–Kier alpha value is -3.02. The molecule has 30 heavy (non-hydrogen) atoms. The predicted molar refractivity (Wildman–Crippen MR) is 116 cm³/mol. The fourth-order valence-electron chi connectivity index (χ4n) is 2.31. The molecule has 0 aromatic heterocycles. The van der Waals surface area contributed by atoms with Gasteiger partial charge in [-0.1, -0.05) is 27.5 Å². The van der Waals surface area contributed by atoms with E-state index in [1.54, 1.807) is 43.3 Å². The Morgan fingerprint density at radius 1 is 1.23 bits per heavy atom. The maximum absolute atomic E-state index is 12.4. The van der Waals surface area contributed by atoms with E-state index in [9.17, 15) is 14.9 Å². The lowest BCUT2D eigenvalue weighted by molar-refractivity contribution is -0.145. The second kappa shape index (κ2) is 11.2. The normalized spacial score (nSPS) is 10.7. The third-order valence-corrected chi connectivity index (χ3v) is 4.64. The molecule has 9 heteroatoms. The number of hydrogen-bond donors (Lipinski definition) is 1. The molecule has 0 heterocycles. The molecule has 0 unspecified atom stereocenters. The number of esters is 1. The van der Waals surface area contributed by atoms with Crippen LogP contribution in [-0.2, 0) is 14.3 Å². The van der Waals surface area contributed by atoms with Gasteiger partial charge in [-0.15, -0.1) is 0 Å². The third-order valence-electron chi connectivity index (χ3n) is 3.70. The SMILES string of the molecule is CCOC(=O)COc1cc(Br)c(/C=C(/C#N)C(=O)Nc2ccc(Cl)cc2)cc1OC. The topological polar surface area (TPSA) is 97.7 Å². The third kappa shape index (κ3) is 6.51. The minimum atomic E-state index is -0.576. The summed E-state index contributed by atoms with van der Waals surface area (Å²) in [5.41, 5.74) is 0.899. The number of hydrogen-bond acceptors (Lipinski definition) is 6. The number of carbonyl (C=O) groups is 2. The number of nitriles is 1. The molecule has 0 atom stereocenters. The van der Waals surface area contributed by atoms with Crippen molar-refractivity contribution in [3.63, 3.8) is 0 Å². The van der Waals surface area contributed by atoms with Crippen molar-refractivity contribution in [3.8, 4) is 17.6 Å². The summed E-state index contributed by atoms with van der Waals surface area (Å²) in [4.78, 5) is 23.9. The van der Waals surface area contributed by atoms with Gasteiger partial charge in [-0.3, -0.25) is 4.79 Å². The summed E-state index contributed by atoms with van der Waals surface area (Å²) in [7, 11) is 1.44. The fourth-order valence-corrected chi connectivity index (χ4v) is 2.87. The highest BCUT2D eigenvalue weighted by molar-refractivity contribution is 9.10. The van der Waals surface area contributed by atoms with E-state index in [4.69, 9.17) is 25.8 Å². The first-order valence-corrected chi connectivity index (χ1v) is 9.89. The second-order valence-corrected chi connectivity index (χ2v) is 7.04. The van der Waals surface area contributed by atoms with Crippen molar-refractivity contribution in [2.24, 2.45) is 0 Å². The van der Waals surface area contributed by atoms with Gasteiger partial charge in [0.05, 0.1) is 13.7 Å². The second-order valence-electron chi connectivity index (χ2n) is 5.75. The van der Waals surface area contributed by atoms with Gasteiger partial charge in [0.1, 0.15) is 11.6 Å². The molecule has 1 amide bonds. The van der Waals surface area contributed by atoms with Crippen molar-refractivity contribution in [2.75, 3.05) is 25.6 Å². The zero-order valence-corrected chi connectivity index (χ0v) is 18.5. The molecule has 0 aliphatic rings. The minimum Gasteiger partial charge on any atom is -0.493 e. The molecular formula is C21H18BrClN2O5. The van der Waals surface area contributed by atoms with E-state index in [2.05, 4.69) is 21.2 Å². The largest absolute Gasteiger partial charge is 0.493 e. The van der Waals surface area contributed by atoms with Gasteiger partial charge in [0.2, 0.25) is 0 Å². The molecule has 0 radical (unpaired) electrons. The van der Waals surface area contributed by atoms with Crippen LogP contribution in [0.4, 0.5) is 5.69 Å². The average Bonchev–Trinajstić information content (AvgIpc) is 2.73. The van der Waals surface area contributed by atoms with Crippen molar-refractivity contribution in [1.82, 2.24) is 0 Å². The zero-order valence-electron chi connectivity index (χ0n) is 16.2. The van der Waals surface area contributed by atoms with Gasteiger partial charge in [-0.2, -0.15) is 5.26 Å². The minimum absolute atomic E-state index is 0.118. The molecule has 1 N–H and O–H groups in total. The number of benzene rings is 2. The lowest BCUT2D eigenvalue weighted by atomic mass is 10.1. The Bertz CT molecular complexity index is 1000. The first kappa shape index (κ1) is 23.3. The maximum atomic E-state index is 12.4. The highest BCUT2D eigenvalue weighted by Crippen LogP contribution is 2.34. The summed E-state index contributed by atoms with van der Waals surface area (Å²) in [6.07, 6.45) is 1.41. The molecule has 7 nitrogen and oxygen atoms in total. The summed E-state index contributed by atoms with van der Waals surface area (Å²) < 4.78 is 16.1. The molecule has 0 fully saturated rings. The van der Waals surface area contributed by atoms with Gasteiger partial charge >= 0.3 is 5.97 Å². The Morgan fingerprint density at radius 3 is 2.53 bits per heavy atom. The van der Waals surface area contributed by atoms with Crippen LogP contribution in [0.15, 0.2) is 46.4 Å². The van der Waals surface area contributed by atoms with Gasteiger partial charge in [-0.25, -0.2) is 4.79 Å². The molecule has 0 spiro atoms. The van der Waals surface area contributed by atoms with E-state index in [0.29, 0.717) is 32.2 Å². The van der Waals surface area contributed by atoms with Crippen molar-refractivity contribution in [2.45, 2.75) is 6.92 Å². The predicted octanol–water partition coefficient (Wildman–Crippen LogP) is 4.60. The molecule has 0 aliphatic carbocycles. The first-order valence-electron chi connectivity index (χ1n) is 8.72. The quantitative estimate of drug-likeness (QED) is 0.328. The molecule has 2 rings (SSSR count). The summed E-state index contributed by atoms with van der Waals surface area (Å²) in [6.45, 7) is 1.67. The van der Waals surface area contributed by atoms with E-state index in [1.165, 1.54) is 13.2 Å². The first-order chi connectivity index (χ1) is 14.4. The highest BCUT2D eigenvalue weighted by Gasteiger charge is 2.15. The number of nitrogens with one attached hydrogen (secondary N) is 1. The zero-order chi connectivity index (χ0) is 22.1. The molecule has 0 bridgehead atoms. The summed E-state index contributed by atoms with van der Waals surface area (Å²) >= 11 is 9.21. The van der Waals surface area contributed by atoms with Crippen LogP contribution < -0.4 is 14.8 Å². The molecule has 2 aromatic rings. The van der Waals surface area contributed by atoms with Crippen LogP contribution in [0.5, 0.6) is 11.5 Å². The van der Waals surface area contributed by atoms with Crippen LogP contribution in [0, 0.1) is 11.3 Å². The number of nitrogens with zero attached hydrogens (tertiary/aromatic N) is 1. The van der Waals surface area contributed by atoms with Crippen molar-refractivity contribution >= 4 is 51.2 Å². The average molecular weight is 494 g/mol. The molecule has 0 aliphatic heterocycles. The fraction of sp³-hybridized carbons (Fsp3) is 0.190. The number of anilines is 1. The lowest BCUT2D eigenvalue weighted by Gasteiger charge is -2.12. The molecule has 0 saturated heterocycles. The molecule has 0 saturated carbocycles. The number of halogens is 2. The van der Waals surface area contributed by atoms with Gasteiger partial charge in [0.15, 0.2) is 18.1 Å². The van der Waals surface area contributed by atoms with Crippen LogP contribution >= 0.6 is 27.5 Å². The molecule has 2 aromatic carbocycles. The van der Waals surface area contributed by atoms with Gasteiger partial charge in [0, 0.05) is 15.2 Å². The van der Waals surface area contributed by atoms with Crippen LogP contribution in [0.1, 0.15) is 12.5 Å². The summed E-state index contributed by atoms with van der Waals surface area (Å²) in [5, 5.41) is 12.6. The van der Waals surface area contributed by atoms with Gasteiger partial charge in [0.25, 0.3) is 5.91 Å². The lowest BCUT2D eigenvalue weighted by Crippen LogP contribution is -2.15. The van der Waals surface area contributed by atoms with E-state index in [1.807, 2.05) is 6.07 Å². The van der Waals surface area contributed by atoms with Crippen molar-refractivity contribution in [3.05, 3.63) is 57.0 Å². The Balaban J connectivity index is 2.24. The monoisotopic (exact) mass is 492 g/mol. The highest BCUT2D eigenvalue weighted by atomic mass is 79.9. The van der Waals surface area contributed by atoms with Crippen LogP contribution in [0.3, 0.4) is 0 Å². The van der Waals surface area contributed by atoms with Crippen molar-refractivity contribution < 1.29 is 23.8 Å². The van der Waals surface area contributed by atoms with E-state index < -0.39 is 11.9 Å². The van der Waals surface area contributed by atoms with Crippen LogP contribution in [0.2, 0.25) is 5.02 Å². The van der Waals surface area contributed by atoms with Crippen molar-refractivity contribution in [1.29, 1.82) is 5.26 Å². The van der Waals surface area contributed by atoms with Gasteiger partial charge in [-0.05, 0) is 55.0 Å². The molecular weight excluding hydrogens is 476 g/mol. The summed E-state index contributed by atoms with van der Waals surface area (Å²) in [6, 6.07) is 11.6. The van der Waals surface area contributed by atoms with E-state index in [0.717, 1.165) is 0 Å². The number of ether oxygens (including phenoxy) is 3. The maximum Gasteiger partial charge on any atom is 0.344 e. The number of amides is 1. The van der Waals surface area contributed by atoms with E-state index in [-0.39, 0.29) is 18.8 Å². The number of rotatable bonds is 8. The summed E-state index contributed by atoms with van der Waals surface area (Å²) in [5.74, 6) is -0.457. The molecule has 156 valence electrons. The Morgan fingerprint density at radius 2 is 1.93 bits per heavy atom. The Kier molecular flexibility index (Phi) is 8.71. The standard InChI is InChI=1S/C21H18BrClN2O5/c1-3-29-20(26)12-30-19-10-17(22)13(9-18(19)28-2)8-14(11-24)21(27)25-16-6-4-15(23)5-7-16/h4-10H,3,12H2,1-2H3,(H,25,27)/b14-8-.